The zero-order valence-corrected chi connectivity index (χ0v) is 7.75. The van der Waals surface area contributed by atoms with Gasteiger partial charge in [-0.3, -0.25) is 0 Å². The van der Waals surface area contributed by atoms with Crippen LogP contribution in [0.1, 0.15) is 0 Å². The molecule has 0 atom stereocenters. The molecule has 4 heavy (non-hydrogen) atoms. The number of hydrogen-bond acceptors (Lipinski definition) is 2. The van der Waals surface area contributed by atoms with Gasteiger partial charge in [0.25, 0.3) is 0 Å². The summed E-state index contributed by atoms with van der Waals surface area (Å²) in [7, 11) is 4.25. The van der Waals surface area contributed by atoms with E-state index in [2.05, 4.69) is 24.3 Å². The standard InChI is InChI=1S/Cd.Co.O.S. The molecule has 0 aromatic rings. The molecule has 0 amide bonds. The average molecular weight is 219 g/mol. The van der Waals surface area contributed by atoms with Crippen LogP contribution in [0.2, 0.25) is 0 Å². The van der Waals surface area contributed by atoms with E-state index in [1.165, 1.54) is 0 Å². The van der Waals surface area contributed by atoms with E-state index in [9.17, 15) is 0 Å². The van der Waals surface area contributed by atoms with Gasteiger partial charge in [0.2, 0.25) is 0 Å². The Balaban J connectivity index is 0. The van der Waals surface area contributed by atoms with Gasteiger partial charge in [-0.25, -0.2) is 0 Å². The van der Waals surface area contributed by atoms with Gasteiger partial charge in [0.1, 0.15) is 0 Å². The van der Waals surface area contributed by atoms with Crippen LogP contribution in [0.15, 0.2) is 0 Å². The van der Waals surface area contributed by atoms with Gasteiger partial charge in [-0.2, -0.15) is 0 Å². The molecule has 4 heteroatoms. The summed E-state index contributed by atoms with van der Waals surface area (Å²) in [5.41, 5.74) is 0. The molecule has 0 saturated carbocycles. The summed E-state index contributed by atoms with van der Waals surface area (Å²) in [6.07, 6.45) is 0. The molecule has 1 nitrogen and oxygen atoms in total. The maximum atomic E-state index is 7.94. The fourth-order valence-electron chi connectivity index (χ4n) is 0. The summed E-state index contributed by atoms with van der Waals surface area (Å²) in [5, 5.41) is 0. The van der Waals surface area contributed by atoms with E-state index in [0.717, 1.165) is 23.7 Å². The van der Waals surface area contributed by atoms with Gasteiger partial charge < -0.3 is 0 Å². The monoisotopic (exact) mass is 221 g/mol. The predicted molar refractivity (Wildman–Crippen MR) is 8.28 cm³/mol. The molecule has 0 aromatic heterocycles. The Morgan fingerprint density at radius 3 is 1.50 bits per heavy atom. The number of rotatable bonds is 0. The molecule has 0 aliphatic heterocycles. The molecule has 0 unspecified atom stereocenters. The van der Waals surface area contributed by atoms with Crippen molar-refractivity contribution in [2.45, 2.75) is 0 Å². The zero-order chi connectivity index (χ0) is 4.00. The Kier molecular flexibility index (Phi) is 57.1. The van der Waals surface area contributed by atoms with Crippen molar-refractivity contribution in [1.82, 2.24) is 0 Å². The molecule has 0 spiro atoms. The quantitative estimate of drug-likeness (QED) is 0.553. The average Bonchev–Trinajstić information content (AvgIpc) is 1.50. The minimum atomic E-state index is 0.733. The van der Waals surface area contributed by atoms with Gasteiger partial charge >= 0.3 is 51.9 Å². The van der Waals surface area contributed by atoms with Crippen LogP contribution in [0.25, 0.3) is 0 Å². The third-order valence-electron chi connectivity index (χ3n) is 0. The van der Waals surface area contributed by atoms with Crippen molar-refractivity contribution in [3.63, 3.8) is 0 Å². The Bertz CT molecular complexity index is 10.0. The van der Waals surface area contributed by atoms with Crippen molar-refractivity contribution < 1.29 is 43.2 Å². The third-order valence-corrected chi connectivity index (χ3v) is 0. The Labute approximate surface area is 51.5 Å². The first kappa shape index (κ1) is 9.07. The van der Waals surface area contributed by atoms with Gasteiger partial charge in [-0.05, 0) is 0 Å². The molecule has 0 N–H and O–H groups in total. The van der Waals surface area contributed by atoms with Gasteiger partial charge in [-0.15, -0.1) is 0 Å². The Morgan fingerprint density at radius 2 is 1.50 bits per heavy atom. The van der Waals surface area contributed by atoms with E-state index in [4.69, 9.17) is 3.87 Å². The third kappa shape index (κ3) is 9.85. The molecular formula is CdCoOS. The fraction of sp³-hybridized carbons (Fsp3) is 0. The second-order valence-corrected chi connectivity index (χ2v) is 0. The molecule has 0 bridgehead atoms. The van der Waals surface area contributed by atoms with Gasteiger partial charge in [0.05, 0.1) is 0 Å². The Morgan fingerprint density at radius 1 is 1.50 bits per heavy atom. The first-order chi connectivity index (χ1) is 2.00. The van der Waals surface area contributed by atoms with Crippen LogP contribution in [0, 0.1) is 0 Å². The molecule has 0 radical (unpaired) electrons. The first-order valence-electron chi connectivity index (χ1n) is 0.425. The van der Waals surface area contributed by atoms with E-state index in [1.54, 1.807) is 0 Å². The molecule has 0 heterocycles. The summed E-state index contributed by atoms with van der Waals surface area (Å²) in [5.74, 6) is 0. The predicted octanol–water partition coefficient (Wildman–Crippen LogP) is 0.524. The topological polar surface area (TPSA) is 17.1 Å². The van der Waals surface area contributed by atoms with E-state index >= 15 is 0 Å². The van der Waals surface area contributed by atoms with E-state index in [1.807, 2.05) is 0 Å². The van der Waals surface area contributed by atoms with Crippen LogP contribution in [-0.2, 0) is 43.2 Å². The van der Waals surface area contributed by atoms with Crippen LogP contribution in [0.4, 0.5) is 0 Å². The normalized spacial score (nSPS) is 2.75. The molecule has 0 fully saturated rings. The summed E-state index contributed by atoms with van der Waals surface area (Å²) >= 11 is 3.05. The SMILES string of the molecule is [O]=[Co].[S]=[Cd]. The van der Waals surface area contributed by atoms with Gasteiger partial charge in [-0.1, -0.05) is 0 Å². The molecule has 0 aromatic carbocycles. The molecule has 0 saturated heterocycles. The zero-order valence-electron chi connectivity index (χ0n) is 1.86. The van der Waals surface area contributed by atoms with Crippen LogP contribution in [0.3, 0.4) is 0 Å². The minimum absolute atomic E-state index is 0.733. The van der Waals surface area contributed by atoms with Crippen molar-refractivity contribution in [3.05, 3.63) is 0 Å². The summed E-state index contributed by atoms with van der Waals surface area (Å²) in [6.45, 7) is 0. The first-order valence-corrected chi connectivity index (χ1v) is 6.37. The summed E-state index contributed by atoms with van der Waals surface area (Å²) < 4.78 is 7.94. The second kappa shape index (κ2) is 25.2. The molecule has 0 aliphatic carbocycles. The fourth-order valence-corrected chi connectivity index (χ4v) is 0. The van der Waals surface area contributed by atoms with Crippen LogP contribution < -0.4 is 0 Å². The number of hydrogen-bond donors (Lipinski definition) is 0. The molecular weight excluding hydrogens is 219 g/mol. The van der Waals surface area contributed by atoms with E-state index < -0.39 is 0 Å². The van der Waals surface area contributed by atoms with Crippen molar-refractivity contribution in [3.8, 4) is 0 Å². The maximum absolute atomic E-state index is 7.94. The van der Waals surface area contributed by atoms with E-state index in [0.29, 0.717) is 0 Å². The summed E-state index contributed by atoms with van der Waals surface area (Å²) in [4.78, 5) is 0. The van der Waals surface area contributed by atoms with Crippen molar-refractivity contribution >= 4 is 8.65 Å². The molecule has 0 rings (SSSR count). The molecule has 23 valence electrons. The van der Waals surface area contributed by atoms with Gasteiger partial charge in [0, 0.05) is 0 Å². The van der Waals surface area contributed by atoms with Crippen molar-refractivity contribution in [2.24, 2.45) is 0 Å². The van der Waals surface area contributed by atoms with Gasteiger partial charge in [0.15, 0.2) is 0 Å². The van der Waals surface area contributed by atoms with Crippen LogP contribution >= 0.6 is 8.65 Å². The summed E-state index contributed by atoms with van der Waals surface area (Å²) in [6, 6.07) is 0. The van der Waals surface area contributed by atoms with Crippen LogP contribution in [0.5, 0.6) is 0 Å². The van der Waals surface area contributed by atoms with Crippen LogP contribution in [-0.4, -0.2) is 0 Å². The van der Waals surface area contributed by atoms with Crippen molar-refractivity contribution in [2.75, 3.05) is 0 Å². The second-order valence-electron chi connectivity index (χ2n) is 0. The Hall–Kier alpha value is 1.45. The van der Waals surface area contributed by atoms with Crippen molar-refractivity contribution in [1.29, 1.82) is 0 Å². The molecule has 0 aliphatic rings. The van der Waals surface area contributed by atoms with E-state index in [-0.39, 0.29) is 0 Å².